The van der Waals surface area contributed by atoms with E-state index < -0.39 is 0 Å². The molecular formula is C9H12O. The summed E-state index contributed by atoms with van der Waals surface area (Å²) in [5, 5.41) is 0. The highest BCUT2D eigenvalue weighted by molar-refractivity contribution is 5.52. The summed E-state index contributed by atoms with van der Waals surface area (Å²) < 4.78 is 0. The van der Waals surface area contributed by atoms with E-state index in [9.17, 15) is 4.79 Å². The molecule has 0 spiro atoms. The zero-order chi connectivity index (χ0) is 7.82. The largest absolute Gasteiger partial charge is 0.303 e. The maximum Gasteiger partial charge on any atom is 0.123 e. The van der Waals surface area contributed by atoms with Gasteiger partial charge < -0.3 is 4.79 Å². The molecule has 54 valence electrons. The van der Waals surface area contributed by atoms with Crippen molar-refractivity contribution in [1.82, 2.24) is 0 Å². The fourth-order valence-corrected chi connectivity index (χ4v) is 0.422. The van der Waals surface area contributed by atoms with Crippen LogP contribution in [0.1, 0.15) is 13.3 Å². The molecule has 0 aromatic carbocycles. The second-order valence-electron chi connectivity index (χ2n) is 1.95. The molecule has 0 rings (SSSR count). The van der Waals surface area contributed by atoms with Gasteiger partial charge in [-0.3, -0.25) is 0 Å². The Bertz CT molecular complexity index is 164. The van der Waals surface area contributed by atoms with Crippen LogP contribution in [0.4, 0.5) is 0 Å². The van der Waals surface area contributed by atoms with Crippen molar-refractivity contribution in [2.45, 2.75) is 13.3 Å². The molecule has 0 N–H and O–H groups in total. The van der Waals surface area contributed by atoms with Crippen LogP contribution < -0.4 is 0 Å². The predicted molar refractivity (Wildman–Crippen MR) is 43.8 cm³/mol. The minimum atomic E-state index is 0.487. The molecule has 0 fully saturated rings. The van der Waals surface area contributed by atoms with Gasteiger partial charge in [-0.2, -0.15) is 0 Å². The van der Waals surface area contributed by atoms with Crippen LogP contribution in [0.2, 0.25) is 0 Å². The van der Waals surface area contributed by atoms with Crippen molar-refractivity contribution >= 4 is 6.29 Å². The summed E-state index contributed by atoms with van der Waals surface area (Å²) in [5.74, 6) is 0. The van der Waals surface area contributed by atoms with Gasteiger partial charge in [0, 0.05) is 6.42 Å². The van der Waals surface area contributed by atoms with Crippen LogP contribution in [0.25, 0.3) is 0 Å². The van der Waals surface area contributed by atoms with Crippen LogP contribution in [0.15, 0.2) is 36.5 Å². The van der Waals surface area contributed by atoms with E-state index in [1.807, 2.05) is 19.1 Å². The zero-order valence-corrected chi connectivity index (χ0v) is 6.21. The fourth-order valence-electron chi connectivity index (χ4n) is 0.422. The number of allylic oxidation sites excluding steroid dienone is 5. The van der Waals surface area contributed by atoms with E-state index in [-0.39, 0.29) is 0 Å². The van der Waals surface area contributed by atoms with Gasteiger partial charge in [-0.05, 0) is 6.92 Å². The Labute approximate surface area is 61.8 Å². The summed E-state index contributed by atoms with van der Waals surface area (Å²) >= 11 is 0. The summed E-state index contributed by atoms with van der Waals surface area (Å²) in [6, 6.07) is 0. The van der Waals surface area contributed by atoms with E-state index in [1.165, 1.54) is 0 Å². The highest BCUT2D eigenvalue weighted by Crippen LogP contribution is 1.92. The zero-order valence-electron chi connectivity index (χ0n) is 6.21. The van der Waals surface area contributed by atoms with Gasteiger partial charge in [0.25, 0.3) is 0 Å². The molecule has 0 atom stereocenters. The van der Waals surface area contributed by atoms with Gasteiger partial charge in [-0.25, -0.2) is 0 Å². The van der Waals surface area contributed by atoms with E-state index in [0.717, 1.165) is 11.9 Å². The highest BCUT2D eigenvalue weighted by atomic mass is 16.1. The van der Waals surface area contributed by atoms with E-state index in [1.54, 1.807) is 12.2 Å². The van der Waals surface area contributed by atoms with Crippen LogP contribution in [0, 0.1) is 0 Å². The molecular weight excluding hydrogens is 124 g/mol. The van der Waals surface area contributed by atoms with Crippen LogP contribution in [0.5, 0.6) is 0 Å². The molecule has 0 aliphatic carbocycles. The Kier molecular flexibility index (Phi) is 5.35. The smallest absolute Gasteiger partial charge is 0.123 e. The van der Waals surface area contributed by atoms with Gasteiger partial charge in [0.1, 0.15) is 6.29 Å². The van der Waals surface area contributed by atoms with Crippen LogP contribution >= 0.6 is 0 Å². The van der Waals surface area contributed by atoms with Crippen molar-refractivity contribution in [3.63, 3.8) is 0 Å². The highest BCUT2D eigenvalue weighted by Gasteiger charge is 1.73. The predicted octanol–water partition coefficient (Wildman–Crippen LogP) is 2.26. The number of aldehydes is 1. The first kappa shape index (κ1) is 8.89. The van der Waals surface area contributed by atoms with E-state index >= 15 is 0 Å². The minimum Gasteiger partial charge on any atom is -0.303 e. The second-order valence-corrected chi connectivity index (χ2v) is 1.95. The Hall–Kier alpha value is -1.11. The topological polar surface area (TPSA) is 17.1 Å². The first-order valence-electron chi connectivity index (χ1n) is 3.20. The van der Waals surface area contributed by atoms with Gasteiger partial charge >= 0.3 is 0 Å². The third-order valence-electron chi connectivity index (χ3n) is 1.05. The number of hydrogen-bond acceptors (Lipinski definition) is 1. The molecule has 0 aliphatic heterocycles. The van der Waals surface area contributed by atoms with Gasteiger partial charge in [0.15, 0.2) is 0 Å². The molecule has 10 heavy (non-hydrogen) atoms. The Balaban J connectivity index is 3.69. The molecule has 0 radical (unpaired) electrons. The van der Waals surface area contributed by atoms with Crippen molar-refractivity contribution in [2.75, 3.05) is 0 Å². The van der Waals surface area contributed by atoms with Gasteiger partial charge in [-0.1, -0.05) is 36.5 Å². The molecule has 0 aromatic heterocycles. The third-order valence-corrected chi connectivity index (χ3v) is 1.05. The number of hydrogen-bond donors (Lipinski definition) is 0. The molecule has 0 saturated carbocycles. The van der Waals surface area contributed by atoms with Gasteiger partial charge in [-0.15, -0.1) is 0 Å². The minimum absolute atomic E-state index is 0.487. The van der Waals surface area contributed by atoms with E-state index in [2.05, 4.69) is 6.58 Å². The SMILES string of the molecule is C=C/C(C)=C\C=C\CC=O. The Morgan fingerprint density at radius 3 is 2.80 bits per heavy atom. The summed E-state index contributed by atoms with van der Waals surface area (Å²) in [4.78, 5) is 9.83. The van der Waals surface area contributed by atoms with Gasteiger partial charge in [0.2, 0.25) is 0 Å². The van der Waals surface area contributed by atoms with Crippen LogP contribution in [-0.2, 0) is 4.79 Å². The van der Waals surface area contributed by atoms with Crippen molar-refractivity contribution in [3.05, 3.63) is 36.5 Å². The summed E-state index contributed by atoms with van der Waals surface area (Å²) in [5.41, 5.74) is 1.10. The first-order valence-corrected chi connectivity index (χ1v) is 3.20. The van der Waals surface area contributed by atoms with Crippen molar-refractivity contribution in [1.29, 1.82) is 0 Å². The summed E-state index contributed by atoms with van der Waals surface area (Å²) in [6.45, 7) is 5.54. The quantitative estimate of drug-likeness (QED) is 0.428. The van der Waals surface area contributed by atoms with Crippen molar-refractivity contribution < 1.29 is 4.79 Å². The fraction of sp³-hybridized carbons (Fsp3) is 0.222. The Morgan fingerprint density at radius 1 is 1.60 bits per heavy atom. The van der Waals surface area contributed by atoms with Crippen LogP contribution in [-0.4, -0.2) is 6.29 Å². The van der Waals surface area contributed by atoms with E-state index in [4.69, 9.17) is 0 Å². The van der Waals surface area contributed by atoms with Crippen molar-refractivity contribution in [3.8, 4) is 0 Å². The second kappa shape index (κ2) is 6.02. The van der Waals surface area contributed by atoms with Crippen LogP contribution in [0.3, 0.4) is 0 Å². The molecule has 0 unspecified atom stereocenters. The monoisotopic (exact) mass is 136 g/mol. The lowest BCUT2D eigenvalue weighted by atomic mass is 10.2. The van der Waals surface area contributed by atoms with Crippen molar-refractivity contribution in [2.24, 2.45) is 0 Å². The molecule has 0 amide bonds. The molecule has 0 aliphatic rings. The summed E-state index contributed by atoms with van der Waals surface area (Å²) in [7, 11) is 0. The lowest BCUT2D eigenvalue weighted by Gasteiger charge is -1.82. The lowest BCUT2D eigenvalue weighted by Crippen LogP contribution is -1.66. The average molecular weight is 136 g/mol. The molecule has 1 heteroatoms. The standard InChI is InChI=1S/C9H12O/c1-3-9(2)7-5-4-6-8-10/h3-5,7-8H,1,6H2,2H3/b5-4+,9-7-. The van der Waals surface area contributed by atoms with Gasteiger partial charge in [0.05, 0.1) is 0 Å². The molecule has 0 heterocycles. The number of rotatable bonds is 4. The maximum absolute atomic E-state index is 9.83. The normalized spacial score (nSPS) is 11.9. The maximum atomic E-state index is 9.83. The Morgan fingerprint density at radius 2 is 2.30 bits per heavy atom. The number of carbonyl (C=O) groups excluding carboxylic acids is 1. The lowest BCUT2D eigenvalue weighted by molar-refractivity contribution is -0.107. The molecule has 0 saturated heterocycles. The first-order chi connectivity index (χ1) is 4.81. The average Bonchev–Trinajstić information content (AvgIpc) is 1.98. The van der Waals surface area contributed by atoms with E-state index in [0.29, 0.717) is 6.42 Å². The summed E-state index contributed by atoms with van der Waals surface area (Å²) in [6.07, 6.45) is 8.70. The molecule has 1 nitrogen and oxygen atoms in total. The third kappa shape index (κ3) is 5.04. The molecule has 0 bridgehead atoms. The number of carbonyl (C=O) groups is 1. The molecule has 0 aromatic rings.